The second kappa shape index (κ2) is 7.03. The van der Waals surface area contributed by atoms with Gasteiger partial charge < -0.3 is 14.9 Å². The lowest BCUT2D eigenvalue weighted by atomic mass is 9.96. The Morgan fingerprint density at radius 1 is 1.33 bits per heavy atom. The van der Waals surface area contributed by atoms with E-state index in [2.05, 4.69) is 42.0 Å². The van der Waals surface area contributed by atoms with E-state index in [4.69, 9.17) is 10.1 Å². The topological polar surface area (TPSA) is 52.5 Å². The van der Waals surface area contributed by atoms with Crippen LogP contribution in [0.4, 0.5) is 5.13 Å². The minimum Gasteiger partial charge on any atom is -0.396 e. The molecule has 5 nitrogen and oxygen atoms in total. The van der Waals surface area contributed by atoms with E-state index in [1.165, 1.54) is 11.5 Å². The van der Waals surface area contributed by atoms with Crippen LogP contribution in [0, 0.1) is 0 Å². The first-order valence-corrected chi connectivity index (χ1v) is 8.59. The van der Waals surface area contributed by atoms with Crippen LogP contribution in [-0.2, 0) is 5.41 Å². The Hall–Kier alpha value is -0.720. The highest BCUT2D eigenvalue weighted by Gasteiger charge is 2.26. The lowest BCUT2D eigenvalue weighted by Crippen LogP contribution is -2.43. The van der Waals surface area contributed by atoms with E-state index in [-0.39, 0.29) is 12.0 Å². The van der Waals surface area contributed by atoms with Crippen molar-refractivity contribution in [3.8, 4) is 0 Å². The van der Waals surface area contributed by atoms with Crippen LogP contribution in [0.3, 0.4) is 0 Å². The van der Waals surface area contributed by atoms with Gasteiger partial charge in [-0.25, -0.2) is 4.98 Å². The van der Waals surface area contributed by atoms with Crippen LogP contribution in [0.15, 0.2) is 0 Å². The molecule has 1 aromatic rings. The third kappa shape index (κ3) is 4.37. The standard InChI is InChI=1S/C15H28N4OS/c1-15(2,3)13-16-14(21-17-13)19-9-6-12(7-10-19)18(4)8-5-11-20/h12,20H,5-11H2,1-4H3. The van der Waals surface area contributed by atoms with Gasteiger partial charge >= 0.3 is 0 Å². The van der Waals surface area contributed by atoms with Crippen molar-refractivity contribution in [2.45, 2.75) is 51.5 Å². The zero-order valence-corrected chi connectivity index (χ0v) is 14.5. The number of nitrogens with zero attached hydrogens (tertiary/aromatic N) is 4. The molecule has 0 bridgehead atoms. The van der Waals surface area contributed by atoms with Crippen molar-refractivity contribution in [3.63, 3.8) is 0 Å². The number of hydrogen-bond donors (Lipinski definition) is 1. The smallest absolute Gasteiger partial charge is 0.205 e. The maximum atomic E-state index is 8.92. The number of rotatable bonds is 5. The van der Waals surface area contributed by atoms with Crippen LogP contribution in [0.5, 0.6) is 0 Å². The van der Waals surface area contributed by atoms with E-state index in [0.717, 1.165) is 49.9 Å². The zero-order valence-electron chi connectivity index (χ0n) is 13.7. The Labute approximate surface area is 132 Å². The summed E-state index contributed by atoms with van der Waals surface area (Å²) in [5, 5.41) is 9.99. The third-order valence-electron chi connectivity index (χ3n) is 4.11. The summed E-state index contributed by atoms with van der Waals surface area (Å²) < 4.78 is 4.51. The van der Waals surface area contributed by atoms with Crippen LogP contribution in [0.2, 0.25) is 0 Å². The Bertz CT molecular complexity index is 435. The molecule has 1 fully saturated rings. The largest absolute Gasteiger partial charge is 0.396 e. The van der Waals surface area contributed by atoms with Crippen molar-refractivity contribution >= 4 is 16.7 Å². The Balaban J connectivity index is 1.88. The first kappa shape index (κ1) is 16.6. The molecule has 1 N–H and O–H groups in total. The minimum atomic E-state index is 0.0254. The van der Waals surface area contributed by atoms with Crippen LogP contribution < -0.4 is 4.90 Å². The van der Waals surface area contributed by atoms with Crippen molar-refractivity contribution in [1.29, 1.82) is 0 Å². The molecule has 0 aromatic carbocycles. The van der Waals surface area contributed by atoms with Crippen molar-refractivity contribution in [1.82, 2.24) is 14.3 Å². The molecule has 2 heterocycles. The summed E-state index contributed by atoms with van der Waals surface area (Å²) in [6.07, 6.45) is 3.18. The van der Waals surface area contributed by atoms with Crippen molar-refractivity contribution in [2.24, 2.45) is 0 Å². The summed E-state index contributed by atoms with van der Waals surface area (Å²) in [4.78, 5) is 9.46. The Kier molecular flexibility index (Phi) is 5.57. The van der Waals surface area contributed by atoms with Gasteiger partial charge in [-0.3, -0.25) is 0 Å². The summed E-state index contributed by atoms with van der Waals surface area (Å²) in [7, 11) is 2.17. The quantitative estimate of drug-likeness (QED) is 0.902. The number of hydrogen-bond acceptors (Lipinski definition) is 6. The van der Waals surface area contributed by atoms with E-state index in [1.807, 2.05) is 0 Å². The van der Waals surface area contributed by atoms with Crippen molar-refractivity contribution in [3.05, 3.63) is 5.82 Å². The number of anilines is 1. The van der Waals surface area contributed by atoms with Gasteiger partial charge in [0.15, 0.2) is 0 Å². The highest BCUT2D eigenvalue weighted by Crippen LogP contribution is 2.27. The molecular weight excluding hydrogens is 284 g/mol. The first-order valence-electron chi connectivity index (χ1n) is 7.82. The highest BCUT2D eigenvalue weighted by atomic mass is 32.1. The number of aliphatic hydroxyl groups excluding tert-OH is 1. The SMILES string of the molecule is CN(CCCO)C1CCN(c2nc(C(C)(C)C)ns2)CC1. The second-order valence-electron chi connectivity index (χ2n) is 6.93. The predicted octanol–water partition coefficient (Wildman–Crippen LogP) is 2.12. The molecule has 1 aliphatic heterocycles. The second-order valence-corrected chi connectivity index (χ2v) is 7.66. The fourth-order valence-corrected chi connectivity index (χ4v) is 3.56. The van der Waals surface area contributed by atoms with Crippen LogP contribution in [0.1, 0.15) is 45.9 Å². The molecule has 1 saturated heterocycles. The lowest BCUT2D eigenvalue weighted by molar-refractivity contribution is 0.184. The number of aromatic nitrogens is 2. The normalized spacial score (nSPS) is 17.7. The van der Waals surface area contributed by atoms with Gasteiger partial charge in [-0.05, 0) is 26.3 Å². The summed E-state index contributed by atoms with van der Waals surface area (Å²) in [6, 6.07) is 0.628. The average molecular weight is 312 g/mol. The van der Waals surface area contributed by atoms with Gasteiger partial charge in [-0.2, -0.15) is 4.37 Å². The van der Waals surface area contributed by atoms with E-state index >= 15 is 0 Å². The molecule has 120 valence electrons. The summed E-state index contributed by atoms with van der Waals surface area (Å²) in [5.74, 6) is 0.949. The van der Waals surface area contributed by atoms with Gasteiger partial charge in [0, 0.05) is 49.2 Å². The van der Waals surface area contributed by atoms with E-state index < -0.39 is 0 Å². The number of piperidine rings is 1. The van der Waals surface area contributed by atoms with Crippen LogP contribution in [-0.4, -0.2) is 58.7 Å². The summed E-state index contributed by atoms with van der Waals surface area (Å²) in [6.45, 7) is 9.82. The van der Waals surface area contributed by atoms with Crippen molar-refractivity contribution in [2.75, 3.05) is 38.2 Å². The molecule has 6 heteroatoms. The molecule has 0 unspecified atom stereocenters. The number of aliphatic hydroxyl groups is 1. The molecule has 0 amide bonds. The van der Waals surface area contributed by atoms with Gasteiger partial charge in [0.1, 0.15) is 5.82 Å². The highest BCUT2D eigenvalue weighted by molar-refractivity contribution is 7.09. The molecule has 0 spiro atoms. The molecule has 1 aliphatic rings. The maximum absolute atomic E-state index is 8.92. The zero-order chi connectivity index (χ0) is 15.5. The van der Waals surface area contributed by atoms with Gasteiger partial charge in [0.2, 0.25) is 5.13 Å². The molecule has 0 radical (unpaired) electrons. The fraction of sp³-hybridized carbons (Fsp3) is 0.867. The molecule has 0 saturated carbocycles. The molecule has 21 heavy (non-hydrogen) atoms. The van der Waals surface area contributed by atoms with Crippen LogP contribution >= 0.6 is 11.5 Å². The maximum Gasteiger partial charge on any atom is 0.205 e. The molecule has 2 rings (SSSR count). The predicted molar refractivity (Wildman–Crippen MR) is 88.2 cm³/mol. The fourth-order valence-electron chi connectivity index (χ4n) is 2.65. The minimum absolute atomic E-state index is 0.0254. The average Bonchev–Trinajstić information content (AvgIpc) is 2.95. The lowest BCUT2D eigenvalue weighted by Gasteiger charge is -2.36. The monoisotopic (exact) mass is 312 g/mol. The van der Waals surface area contributed by atoms with E-state index in [0.29, 0.717) is 6.04 Å². The van der Waals surface area contributed by atoms with Gasteiger partial charge in [0.05, 0.1) is 0 Å². The molecular formula is C15H28N4OS. The Morgan fingerprint density at radius 3 is 2.52 bits per heavy atom. The van der Waals surface area contributed by atoms with Gasteiger partial charge in [-0.15, -0.1) is 0 Å². The third-order valence-corrected chi connectivity index (χ3v) is 4.89. The van der Waals surface area contributed by atoms with Crippen LogP contribution in [0.25, 0.3) is 0 Å². The van der Waals surface area contributed by atoms with E-state index in [1.54, 1.807) is 0 Å². The van der Waals surface area contributed by atoms with Crippen molar-refractivity contribution < 1.29 is 5.11 Å². The molecule has 0 atom stereocenters. The molecule has 0 aliphatic carbocycles. The summed E-state index contributed by atoms with van der Waals surface area (Å²) in [5.41, 5.74) is 0.0254. The first-order chi connectivity index (χ1) is 9.91. The Morgan fingerprint density at radius 2 is 2.00 bits per heavy atom. The van der Waals surface area contributed by atoms with Gasteiger partial charge in [0.25, 0.3) is 0 Å². The van der Waals surface area contributed by atoms with Gasteiger partial charge in [-0.1, -0.05) is 20.8 Å². The van der Waals surface area contributed by atoms with E-state index in [9.17, 15) is 0 Å². The molecule has 1 aromatic heterocycles. The summed E-state index contributed by atoms with van der Waals surface area (Å²) >= 11 is 1.52.